The van der Waals surface area contributed by atoms with Crippen molar-refractivity contribution in [3.8, 4) is 0 Å². The lowest BCUT2D eigenvalue weighted by Gasteiger charge is -2.33. The second-order valence-electron chi connectivity index (χ2n) is 14.8. The third-order valence-corrected chi connectivity index (χ3v) is 10.9. The number of aryl methyl sites for hydroxylation is 2. The number of carbonyl (C=O) groups excluding carboxylic acids is 2. The molecule has 8 N–H and O–H groups in total. The number of piperidine rings is 1. The second kappa shape index (κ2) is 24.9. The Balaban J connectivity index is 1.12. The van der Waals surface area contributed by atoms with Crippen LogP contribution in [0.4, 0.5) is 11.8 Å². The number of anilines is 2. The molecule has 2 fully saturated rings. The average Bonchev–Trinajstić information content (AvgIpc) is 3.63. The lowest BCUT2D eigenvalue weighted by molar-refractivity contribution is -0.122. The van der Waals surface area contributed by atoms with Crippen molar-refractivity contribution >= 4 is 37.3 Å². The normalized spacial score (nSPS) is 15.9. The van der Waals surface area contributed by atoms with Crippen LogP contribution in [0, 0.1) is 6.92 Å². The molecular weight excluding hydrogens is 735 g/mol. The van der Waals surface area contributed by atoms with Crippen molar-refractivity contribution in [1.82, 2.24) is 41.1 Å². The van der Waals surface area contributed by atoms with E-state index in [0.717, 1.165) is 100 Å². The highest BCUT2D eigenvalue weighted by Gasteiger charge is 2.22. The maximum absolute atomic E-state index is 12.3. The SMILES string of the molecule is C=C/C=C\c1c(C)nc(NCc2nc(CCCNCCCNC3CCCCC3)co2)nc1NC1CCN(CCNC(=O)CCCC(=O)NCCP(=O)(O)O)CC1. The van der Waals surface area contributed by atoms with Gasteiger partial charge in [-0.15, -0.1) is 0 Å². The molecule has 0 unspecified atom stereocenters. The van der Waals surface area contributed by atoms with E-state index < -0.39 is 13.8 Å². The molecule has 1 saturated carbocycles. The fraction of sp³-hybridized carbons (Fsp3) is 0.667. The van der Waals surface area contributed by atoms with E-state index in [4.69, 9.17) is 24.2 Å². The van der Waals surface area contributed by atoms with Gasteiger partial charge in [0.25, 0.3) is 0 Å². The van der Waals surface area contributed by atoms with Crippen LogP contribution < -0.4 is 31.9 Å². The van der Waals surface area contributed by atoms with Crippen LogP contribution in [0.15, 0.2) is 29.4 Å². The van der Waals surface area contributed by atoms with E-state index in [1.54, 1.807) is 12.3 Å². The minimum absolute atomic E-state index is 0.0885. The highest BCUT2D eigenvalue weighted by Crippen LogP contribution is 2.32. The van der Waals surface area contributed by atoms with Crippen LogP contribution in [-0.2, 0) is 27.1 Å². The summed E-state index contributed by atoms with van der Waals surface area (Å²) in [5, 5.41) is 19.6. The molecule has 17 heteroatoms. The predicted molar refractivity (Wildman–Crippen MR) is 220 cm³/mol. The predicted octanol–water partition coefficient (Wildman–Crippen LogP) is 3.88. The number of rotatable bonds is 26. The Morgan fingerprint density at radius 3 is 2.39 bits per heavy atom. The third-order valence-electron chi connectivity index (χ3n) is 10.1. The van der Waals surface area contributed by atoms with Crippen LogP contribution in [-0.4, -0.2) is 112 Å². The number of hydrogen-bond acceptors (Lipinski definition) is 12. The van der Waals surface area contributed by atoms with E-state index >= 15 is 0 Å². The van der Waals surface area contributed by atoms with Crippen LogP contribution in [0.5, 0.6) is 0 Å². The number of oxazole rings is 1. The van der Waals surface area contributed by atoms with Gasteiger partial charge in [0, 0.05) is 63.2 Å². The van der Waals surface area contributed by atoms with E-state index in [9.17, 15) is 14.2 Å². The van der Waals surface area contributed by atoms with Crippen LogP contribution in [0.3, 0.4) is 0 Å². The quantitative estimate of drug-likeness (QED) is 0.0385. The molecule has 0 aromatic carbocycles. The Morgan fingerprint density at radius 1 is 0.929 bits per heavy atom. The Morgan fingerprint density at radius 2 is 1.66 bits per heavy atom. The molecule has 0 bridgehead atoms. The minimum Gasteiger partial charge on any atom is -0.447 e. The number of nitrogens with one attached hydrogen (secondary N) is 6. The first kappa shape index (κ1) is 45.0. The topological polar surface area (TPSA) is 219 Å². The molecule has 1 aliphatic carbocycles. The molecule has 312 valence electrons. The van der Waals surface area contributed by atoms with Crippen molar-refractivity contribution in [1.29, 1.82) is 0 Å². The molecule has 2 aromatic rings. The summed E-state index contributed by atoms with van der Waals surface area (Å²) in [6.07, 6.45) is 19.2. The van der Waals surface area contributed by atoms with Gasteiger partial charge in [-0.05, 0) is 84.0 Å². The van der Waals surface area contributed by atoms with Crippen LogP contribution in [0.25, 0.3) is 6.08 Å². The summed E-state index contributed by atoms with van der Waals surface area (Å²) in [7, 11) is -4.14. The van der Waals surface area contributed by atoms with Gasteiger partial charge in [0.2, 0.25) is 23.7 Å². The average molecular weight is 801 g/mol. The molecule has 56 heavy (non-hydrogen) atoms. The van der Waals surface area contributed by atoms with E-state index in [2.05, 4.69) is 48.4 Å². The minimum atomic E-state index is -4.14. The molecular formula is C39H65N10O6P. The summed E-state index contributed by atoms with van der Waals surface area (Å²) < 4.78 is 16.6. The molecule has 3 heterocycles. The number of carbonyl (C=O) groups is 2. The van der Waals surface area contributed by atoms with Gasteiger partial charge in [0.05, 0.1) is 24.1 Å². The molecule has 0 radical (unpaired) electrons. The lowest BCUT2D eigenvalue weighted by Crippen LogP contribution is -2.42. The monoisotopic (exact) mass is 800 g/mol. The van der Waals surface area contributed by atoms with Crippen LogP contribution in [0.1, 0.15) is 99.9 Å². The van der Waals surface area contributed by atoms with Gasteiger partial charge in [-0.2, -0.15) is 4.98 Å². The van der Waals surface area contributed by atoms with E-state index in [1.807, 2.05) is 19.1 Å². The number of amides is 2. The summed E-state index contributed by atoms with van der Waals surface area (Å²) in [6, 6.07) is 0.938. The number of nitrogens with zero attached hydrogens (tertiary/aromatic N) is 4. The summed E-state index contributed by atoms with van der Waals surface area (Å²) in [5.74, 6) is 1.40. The second-order valence-corrected chi connectivity index (χ2v) is 16.6. The Hall–Kier alpha value is -3.66. The molecule has 2 aromatic heterocycles. The van der Waals surface area contributed by atoms with Crippen molar-refractivity contribution in [2.24, 2.45) is 0 Å². The zero-order chi connectivity index (χ0) is 40.0. The van der Waals surface area contributed by atoms with Crippen molar-refractivity contribution in [3.63, 3.8) is 0 Å². The largest absolute Gasteiger partial charge is 0.447 e. The van der Waals surface area contributed by atoms with Gasteiger partial charge in [-0.25, -0.2) is 9.97 Å². The van der Waals surface area contributed by atoms with Gasteiger partial charge in [-0.3, -0.25) is 14.2 Å². The standard InChI is InChI=1S/C39H65N10O6P/c1-3-4-14-34-30(2)45-39(44-28-37-46-33(29-55-37)13-9-19-40-20-10-21-41-31-11-6-5-7-12-31)48-38(34)47-32-17-24-49(25-18-32)26-22-42-35(50)15-8-16-36(51)43-23-27-56(52,53)54/h3-4,14,29,31-32,40-41H,1,5-13,15-28H2,2H3,(H,42,50)(H,43,51)(H2,52,53,54)(H2,44,45,47,48)/b14-4-. The van der Waals surface area contributed by atoms with Crippen molar-refractivity contribution in [2.45, 2.75) is 109 Å². The molecule has 2 aliphatic rings. The third kappa shape index (κ3) is 18.1. The van der Waals surface area contributed by atoms with E-state index in [-0.39, 0.29) is 37.2 Å². The van der Waals surface area contributed by atoms with Gasteiger partial charge in [0.1, 0.15) is 12.1 Å². The van der Waals surface area contributed by atoms with Gasteiger partial charge in [-0.1, -0.05) is 38.0 Å². The number of hydrogen-bond donors (Lipinski definition) is 8. The molecule has 4 rings (SSSR count). The van der Waals surface area contributed by atoms with E-state index in [1.165, 1.54) is 32.1 Å². The highest BCUT2D eigenvalue weighted by molar-refractivity contribution is 7.51. The fourth-order valence-corrected chi connectivity index (χ4v) is 7.36. The number of allylic oxidation sites excluding steroid dienone is 2. The zero-order valence-electron chi connectivity index (χ0n) is 33.2. The first-order valence-electron chi connectivity index (χ1n) is 20.4. The zero-order valence-corrected chi connectivity index (χ0v) is 34.1. The summed E-state index contributed by atoms with van der Waals surface area (Å²) in [5.41, 5.74) is 2.69. The maximum Gasteiger partial charge on any atom is 0.327 e. The summed E-state index contributed by atoms with van der Waals surface area (Å²) in [4.78, 5) is 58.3. The van der Waals surface area contributed by atoms with Crippen molar-refractivity contribution in [3.05, 3.63) is 47.8 Å². The molecule has 16 nitrogen and oxygen atoms in total. The first-order valence-corrected chi connectivity index (χ1v) is 22.2. The smallest absolute Gasteiger partial charge is 0.327 e. The molecule has 0 atom stereocenters. The molecule has 0 spiro atoms. The number of aromatic nitrogens is 3. The maximum atomic E-state index is 12.3. The first-order chi connectivity index (χ1) is 27.1. The lowest BCUT2D eigenvalue weighted by atomic mass is 9.95. The Bertz CT molecular complexity index is 1570. The van der Waals surface area contributed by atoms with Crippen LogP contribution >= 0.6 is 7.60 Å². The van der Waals surface area contributed by atoms with Gasteiger partial charge in [0.15, 0.2) is 0 Å². The van der Waals surface area contributed by atoms with Crippen molar-refractivity contribution < 1.29 is 28.4 Å². The summed E-state index contributed by atoms with van der Waals surface area (Å²) in [6.45, 7) is 12.1. The molecule has 1 aliphatic heterocycles. The number of likely N-dealkylation sites (tertiary alicyclic amines) is 1. The highest BCUT2D eigenvalue weighted by atomic mass is 31.2. The fourth-order valence-electron chi connectivity index (χ4n) is 6.95. The Kier molecular flexibility index (Phi) is 20.0. The van der Waals surface area contributed by atoms with Crippen molar-refractivity contribution in [2.75, 3.05) is 69.2 Å². The molecule has 2 amide bonds. The van der Waals surface area contributed by atoms with E-state index in [0.29, 0.717) is 31.3 Å². The molecule has 1 saturated heterocycles. The Labute approximate surface area is 332 Å². The van der Waals surface area contributed by atoms with Crippen LogP contribution in [0.2, 0.25) is 0 Å². The summed E-state index contributed by atoms with van der Waals surface area (Å²) >= 11 is 0. The van der Waals surface area contributed by atoms with Gasteiger partial charge >= 0.3 is 7.60 Å². The van der Waals surface area contributed by atoms with Gasteiger partial charge < -0.3 is 51.0 Å².